The first-order valence-corrected chi connectivity index (χ1v) is 5.68. The Kier molecular flexibility index (Phi) is 3.25. The van der Waals surface area contributed by atoms with Gasteiger partial charge in [-0.15, -0.1) is 0 Å². The lowest BCUT2D eigenvalue weighted by atomic mass is 10.0. The molecule has 0 aliphatic carbocycles. The molecule has 2 aromatic rings. The zero-order valence-corrected chi connectivity index (χ0v) is 10.5. The van der Waals surface area contributed by atoms with E-state index in [1.54, 1.807) is 12.3 Å². The van der Waals surface area contributed by atoms with E-state index in [1.165, 1.54) is 6.20 Å². The minimum absolute atomic E-state index is 0.0656. The highest BCUT2D eigenvalue weighted by Crippen LogP contribution is 2.19. The summed E-state index contributed by atoms with van der Waals surface area (Å²) in [6.45, 7) is 3.94. The molecule has 0 amide bonds. The van der Waals surface area contributed by atoms with Crippen molar-refractivity contribution in [1.82, 2.24) is 4.98 Å². The Morgan fingerprint density at radius 1 is 1.18 bits per heavy atom. The maximum Gasteiger partial charge on any atom is 0.194 e. The van der Waals surface area contributed by atoms with Crippen LogP contribution in [0.4, 0.5) is 0 Å². The minimum atomic E-state index is -0.0656. The van der Waals surface area contributed by atoms with Crippen molar-refractivity contribution in [1.29, 1.82) is 0 Å². The van der Waals surface area contributed by atoms with Crippen molar-refractivity contribution in [2.24, 2.45) is 0 Å². The van der Waals surface area contributed by atoms with E-state index in [-0.39, 0.29) is 5.78 Å². The van der Waals surface area contributed by atoms with Crippen LogP contribution in [0.15, 0.2) is 36.7 Å². The van der Waals surface area contributed by atoms with Crippen molar-refractivity contribution in [2.75, 3.05) is 0 Å². The topological polar surface area (TPSA) is 30.0 Å². The summed E-state index contributed by atoms with van der Waals surface area (Å²) in [5.41, 5.74) is 3.29. The summed E-state index contributed by atoms with van der Waals surface area (Å²) >= 11 is 5.97. The van der Waals surface area contributed by atoms with E-state index in [0.29, 0.717) is 16.1 Å². The third-order valence-electron chi connectivity index (χ3n) is 2.50. The van der Waals surface area contributed by atoms with Crippen LogP contribution in [0.2, 0.25) is 5.02 Å². The summed E-state index contributed by atoms with van der Waals surface area (Å²) in [6.07, 6.45) is 3.05. The molecule has 1 heterocycles. The molecule has 0 bridgehead atoms. The third-order valence-corrected chi connectivity index (χ3v) is 2.80. The van der Waals surface area contributed by atoms with E-state index in [0.717, 1.165) is 11.1 Å². The fourth-order valence-electron chi connectivity index (χ4n) is 1.82. The van der Waals surface area contributed by atoms with Gasteiger partial charge in [0, 0.05) is 23.5 Å². The molecular weight excluding hydrogens is 234 g/mol. The zero-order valence-electron chi connectivity index (χ0n) is 9.70. The molecule has 0 fully saturated rings. The molecule has 0 radical (unpaired) electrons. The number of carbonyl (C=O) groups is 1. The van der Waals surface area contributed by atoms with Gasteiger partial charge in [-0.2, -0.15) is 0 Å². The molecule has 0 spiro atoms. The van der Waals surface area contributed by atoms with E-state index in [1.807, 2.05) is 32.0 Å². The number of aryl methyl sites for hydroxylation is 2. The molecule has 0 saturated heterocycles. The predicted molar refractivity (Wildman–Crippen MR) is 68.6 cm³/mol. The number of benzene rings is 1. The smallest absolute Gasteiger partial charge is 0.194 e. The largest absolute Gasteiger partial charge is 0.289 e. The first-order valence-electron chi connectivity index (χ1n) is 5.30. The van der Waals surface area contributed by atoms with Crippen LogP contribution >= 0.6 is 11.6 Å². The first kappa shape index (κ1) is 11.8. The number of halogens is 1. The lowest BCUT2D eigenvalue weighted by Crippen LogP contribution is -2.03. The number of aromatic nitrogens is 1. The highest BCUT2D eigenvalue weighted by molar-refractivity contribution is 6.34. The number of hydrogen-bond acceptors (Lipinski definition) is 2. The standard InChI is InChI=1S/C14H12ClNO/c1-9-5-10(2)7-11(6-9)14(17)12-3-4-16-8-13(12)15/h3-8H,1-2H3. The van der Waals surface area contributed by atoms with Crippen LogP contribution in [0, 0.1) is 13.8 Å². The van der Waals surface area contributed by atoms with Crippen molar-refractivity contribution in [3.8, 4) is 0 Å². The second-order valence-electron chi connectivity index (χ2n) is 4.06. The van der Waals surface area contributed by atoms with E-state index in [9.17, 15) is 4.79 Å². The molecule has 0 N–H and O–H groups in total. The van der Waals surface area contributed by atoms with E-state index in [2.05, 4.69) is 4.98 Å². The van der Waals surface area contributed by atoms with Crippen molar-refractivity contribution < 1.29 is 4.79 Å². The predicted octanol–water partition coefficient (Wildman–Crippen LogP) is 3.58. The van der Waals surface area contributed by atoms with Gasteiger partial charge in [0.2, 0.25) is 0 Å². The van der Waals surface area contributed by atoms with Gasteiger partial charge in [-0.05, 0) is 32.0 Å². The van der Waals surface area contributed by atoms with Gasteiger partial charge in [-0.3, -0.25) is 9.78 Å². The highest BCUT2D eigenvalue weighted by atomic mass is 35.5. The summed E-state index contributed by atoms with van der Waals surface area (Å²) in [4.78, 5) is 16.1. The number of ketones is 1. The summed E-state index contributed by atoms with van der Waals surface area (Å²) in [5.74, 6) is -0.0656. The first-order chi connectivity index (χ1) is 8.08. The van der Waals surface area contributed by atoms with Crippen LogP contribution in [-0.4, -0.2) is 10.8 Å². The molecule has 0 saturated carbocycles. The molecule has 86 valence electrons. The lowest BCUT2D eigenvalue weighted by molar-refractivity contribution is 0.103. The van der Waals surface area contributed by atoms with Crippen molar-refractivity contribution in [2.45, 2.75) is 13.8 Å². The van der Waals surface area contributed by atoms with Crippen LogP contribution in [0.1, 0.15) is 27.0 Å². The Hall–Kier alpha value is -1.67. The van der Waals surface area contributed by atoms with Crippen LogP contribution in [-0.2, 0) is 0 Å². The molecular formula is C14H12ClNO. The molecule has 1 aromatic carbocycles. The van der Waals surface area contributed by atoms with Gasteiger partial charge < -0.3 is 0 Å². The Balaban J connectivity index is 2.48. The van der Waals surface area contributed by atoms with E-state index < -0.39 is 0 Å². The van der Waals surface area contributed by atoms with Crippen LogP contribution in [0.25, 0.3) is 0 Å². The molecule has 0 aliphatic rings. The van der Waals surface area contributed by atoms with Crippen LogP contribution in [0.3, 0.4) is 0 Å². The molecule has 3 heteroatoms. The second kappa shape index (κ2) is 4.68. The summed E-state index contributed by atoms with van der Waals surface area (Å²) in [6, 6.07) is 7.41. The van der Waals surface area contributed by atoms with Gasteiger partial charge in [0.1, 0.15) is 0 Å². The van der Waals surface area contributed by atoms with Gasteiger partial charge in [-0.25, -0.2) is 0 Å². The summed E-state index contributed by atoms with van der Waals surface area (Å²) < 4.78 is 0. The number of carbonyl (C=O) groups excluding carboxylic acids is 1. The fraction of sp³-hybridized carbons (Fsp3) is 0.143. The Morgan fingerprint density at radius 3 is 2.41 bits per heavy atom. The molecule has 1 aromatic heterocycles. The van der Waals surface area contributed by atoms with Gasteiger partial charge >= 0.3 is 0 Å². The third kappa shape index (κ3) is 2.53. The molecule has 0 unspecified atom stereocenters. The van der Waals surface area contributed by atoms with Gasteiger partial charge in [0.15, 0.2) is 5.78 Å². The molecule has 0 atom stereocenters. The van der Waals surface area contributed by atoms with E-state index >= 15 is 0 Å². The quantitative estimate of drug-likeness (QED) is 0.757. The SMILES string of the molecule is Cc1cc(C)cc(C(=O)c2ccncc2Cl)c1. The van der Waals surface area contributed by atoms with Crippen LogP contribution < -0.4 is 0 Å². The van der Waals surface area contributed by atoms with E-state index in [4.69, 9.17) is 11.6 Å². The number of nitrogens with zero attached hydrogens (tertiary/aromatic N) is 1. The minimum Gasteiger partial charge on any atom is -0.289 e. The number of hydrogen-bond donors (Lipinski definition) is 0. The molecule has 2 rings (SSSR count). The maximum atomic E-state index is 12.3. The zero-order chi connectivity index (χ0) is 12.4. The fourth-order valence-corrected chi connectivity index (χ4v) is 2.03. The van der Waals surface area contributed by atoms with Crippen molar-refractivity contribution in [3.05, 3.63) is 63.9 Å². The monoisotopic (exact) mass is 245 g/mol. The Bertz CT molecular complexity index is 558. The van der Waals surface area contributed by atoms with Crippen molar-refractivity contribution >= 4 is 17.4 Å². The Morgan fingerprint density at radius 2 is 1.82 bits per heavy atom. The second-order valence-corrected chi connectivity index (χ2v) is 4.47. The van der Waals surface area contributed by atoms with Crippen LogP contribution in [0.5, 0.6) is 0 Å². The average Bonchev–Trinajstić information content (AvgIpc) is 2.27. The van der Waals surface area contributed by atoms with Gasteiger partial charge in [-0.1, -0.05) is 28.8 Å². The lowest BCUT2D eigenvalue weighted by Gasteiger charge is -2.05. The molecule has 0 aliphatic heterocycles. The summed E-state index contributed by atoms with van der Waals surface area (Å²) in [5, 5.41) is 0.386. The number of rotatable bonds is 2. The summed E-state index contributed by atoms with van der Waals surface area (Å²) in [7, 11) is 0. The molecule has 17 heavy (non-hydrogen) atoms. The average molecular weight is 246 g/mol. The Labute approximate surface area is 105 Å². The number of pyridine rings is 1. The maximum absolute atomic E-state index is 12.3. The van der Waals surface area contributed by atoms with Gasteiger partial charge in [0.25, 0.3) is 0 Å². The van der Waals surface area contributed by atoms with Gasteiger partial charge in [0.05, 0.1) is 5.02 Å². The highest BCUT2D eigenvalue weighted by Gasteiger charge is 2.13. The van der Waals surface area contributed by atoms with Crippen molar-refractivity contribution in [3.63, 3.8) is 0 Å². The normalized spacial score (nSPS) is 10.3. The molecule has 2 nitrogen and oxygen atoms in total.